The fourth-order valence-corrected chi connectivity index (χ4v) is 7.68. The summed E-state index contributed by atoms with van der Waals surface area (Å²) < 4.78 is 0.593. The highest BCUT2D eigenvalue weighted by molar-refractivity contribution is 8.00. The third-order valence-corrected chi connectivity index (χ3v) is 9.38. The molecule has 4 heterocycles. The molecule has 0 radical (unpaired) electrons. The van der Waals surface area contributed by atoms with Gasteiger partial charge in [-0.3, -0.25) is 19.3 Å². The highest BCUT2D eigenvalue weighted by atomic mass is 32.2. The molecule has 1 aliphatic carbocycles. The van der Waals surface area contributed by atoms with E-state index in [0.29, 0.717) is 22.4 Å². The number of nitrogen functional groups attached to an aromatic ring is 1. The predicted molar refractivity (Wildman–Crippen MR) is 127 cm³/mol. The minimum absolute atomic E-state index is 0.0234. The molecule has 0 spiro atoms. The molecule has 1 saturated carbocycles. The first-order valence-electron chi connectivity index (χ1n) is 11.3. The van der Waals surface area contributed by atoms with Crippen LogP contribution in [0.5, 0.6) is 0 Å². The molecule has 13 nitrogen and oxygen atoms in total. The monoisotopic (exact) mass is 535 g/mol. The van der Waals surface area contributed by atoms with Crippen molar-refractivity contribution in [3.05, 3.63) is 22.3 Å². The fourth-order valence-electron chi connectivity index (χ4n) is 5.79. The van der Waals surface area contributed by atoms with Crippen molar-refractivity contribution in [3.63, 3.8) is 0 Å². The predicted octanol–water partition coefficient (Wildman–Crippen LogP) is -2.62. The summed E-state index contributed by atoms with van der Waals surface area (Å²) in [6.45, 7) is 1.96. The fraction of sp³-hybridized carbons (Fsp3) is 0.524. The number of anilines is 1. The minimum Gasteiger partial charge on any atom is -0.543 e. The van der Waals surface area contributed by atoms with Crippen LogP contribution in [0.2, 0.25) is 0 Å². The quantitative estimate of drug-likeness (QED) is 0.0951. The number of carboxylic acid groups (broad SMARTS) is 1. The number of aliphatic carboxylic acids is 1. The van der Waals surface area contributed by atoms with Crippen molar-refractivity contribution < 1.29 is 34.0 Å². The first-order valence-corrected chi connectivity index (χ1v) is 13.2. The van der Waals surface area contributed by atoms with E-state index in [1.807, 2.05) is 7.05 Å². The Morgan fingerprint density at radius 3 is 2.61 bits per heavy atom. The van der Waals surface area contributed by atoms with Crippen LogP contribution in [0.25, 0.3) is 0 Å². The number of amides is 3. The summed E-state index contributed by atoms with van der Waals surface area (Å²) in [5, 5.41) is 30.6. The van der Waals surface area contributed by atoms with Crippen LogP contribution in [-0.2, 0) is 19.2 Å². The molecule has 4 atom stereocenters. The van der Waals surface area contributed by atoms with Crippen LogP contribution in [-0.4, -0.2) is 99.9 Å². The number of likely N-dealkylation sites (N-methyl/N-ethyl adjacent to an activating group) is 1. The number of hydrogen-bond acceptors (Lipinski definition) is 11. The summed E-state index contributed by atoms with van der Waals surface area (Å²) in [6, 6.07) is -0.997. The van der Waals surface area contributed by atoms with E-state index in [1.165, 1.54) is 17.1 Å². The van der Waals surface area contributed by atoms with Crippen molar-refractivity contribution in [2.24, 2.45) is 22.9 Å². The van der Waals surface area contributed by atoms with Gasteiger partial charge in [-0.05, 0) is 0 Å². The van der Waals surface area contributed by atoms with Gasteiger partial charge in [-0.1, -0.05) is 5.16 Å². The molecule has 3 fully saturated rings. The van der Waals surface area contributed by atoms with Gasteiger partial charge in [0.25, 0.3) is 11.8 Å². The molecule has 5 N–H and O–H groups in total. The molecule has 15 heteroatoms. The molecule has 0 bridgehead atoms. The minimum atomic E-state index is -1.44. The second-order valence-corrected chi connectivity index (χ2v) is 11.7. The smallest absolute Gasteiger partial charge is 0.276 e. The summed E-state index contributed by atoms with van der Waals surface area (Å²) >= 11 is 2.41. The van der Waals surface area contributed by atoms with Gasteiger partial charge in [0.1, 0.15) is 23.7 Å². The first kappa shape index (κ1) is 24.5. The van der Waals surface area contributed by atoms with E-state index in [-0.39, 0.29) is 40.2 Å². The Morgan fingerprint density at radius 2 is 2.06 bits per heavy atom. The van der Waals surface area contributed by atoms with Crippen molar-refractivity contribution in [2.75, 3.05) is 45.2 Å². The lowest BCUT2D eigenvalue weighted by molar-refractivity contribution is -0.898. The Bertz CT molecular complexity index is 1220. The number of rotatable bonds is 7. The Hall–Kier alpha value is -3.17. The van der Waals surface area contributed by atoms with Crippen molar-refractivity contribution in [1.29, 1.82) is 0 Å². The van der Waals surface area contributed by atoms with Crippen molar-refractivity contribution in [2.45, 2.75) is 11.4 Å². The number of β-lactam (4-membered cyclic amide) rings is 1. The Balaban J connectivity index is 1.28. The number of likely N-dealkylation sites (tertiary alicyclic amines) is 1. The number of aromatic nitrogens is 1. The van der Waals surface area contributed by atoms with Crippen molar-refractivity contribution in [3.8, 4) is 0 Å². The number of nitrogens with two attached hydrogens (primary N) is 1. The molecule has 0 aromatic carbocycles. The highest BCUT2D eigenvalue weighted by Gasteiger charge is 2.65. The van der Waals surface area contributed by atoms with Crippen molar-refractivity contribution >= 4 is 57.6 Å². The molecule has 2 saturated heterocycles. The Kier molecular flexibility index (Phi) is 5.95. The lowest BCUT2D eigenvalue weighted by Gasteiger charge is -2.51. The van der Waals surface area contributed by atoms with Gasteiger partial charge in [0, 0.05) is 35.6 Å². The lowest BCUT2D eigenvalue weighted by atomic mass is 10.0. The molecular formula is C21H25N7O6S2. The van der Waals surface area contributed by atoms with Gasteiger partial charge in [0.2, 0.25) is 5.91 Å². The van der Waals surface area contributed by atoms with Crippen LogP contribution in [0.4, 0.5) is 5.13 Å². The van der Waals surface area contributed by atoms with E-state index in [0.717, 1.165) is 29.3 Å². The SMILES string of the molecule is CNC(=O)C1C2C[N+](C)(CC3=C(C(=O)[O-])N4C(=O)[C@@H](NC(=O)/C(=N\O)c5csc(N)n5)[C@@H]4SC3)CC21. The van der Waals surface area contributed by atoms with Crippen molar-refractivity contribution in [1.82, 2.24) is 20.5 Å². The van der Waals surface area contributed by atoms with Gasteiger partial charge in [0.05, 0.1) is 37.7 Å². The maximum atomic E-state index is 13.0. The molecule has 3 aliphatic heterocycles. The third-order valence-electron chi connectivity index (χ3n) is 7.36. The Morgan fingerprint density at radius 1 is 1.36 bits per heavy atom. The standard InChI is InChI=1S/C21H25N7O6S2/c1-23-16(29)12-9-4-28(2,5-10(9)12)3-8-6-35-19-14(18(31)27(19)15(8)20(32)33)25-17(30)13(26-34)11-7-36-21(22)24-11/h7,9-10,12,14,19H,3-6H2,1-2H3,(H5-,22,23,24,25,29,30,32,33,34)/t9?,10?,12?,14-,19+,28?/m1/s1. The first-order chi connectivity index (χ1) is 17.1. The van der Waals surface area contributed by atoms with Crippen LogP contribution in [0, 0.1) is 17.8 Å². The highest BCUT2D eigenvalue weighted by Crippen LogP contribution is 2.54. The van der Waals surface area contributed by atoms with Crippen LogP contribution in [0.3, 0.4) is 0 Å². The number of nitrogens with one attached hydrogen (secondary N) is 2. The van der Waals surface area contributed by atoms with Gasteiger partial charge >= 0.3 is 0 Å². The van der Waals surface area contributed by atoms with E-state index >= 15 is 0 Å². The molecule has 2 unspecified atom stereocenters. The molecule has 4 aliphatic rings. The average molecular weight is 536 g/mol. The maximum Gasteiger partial charge on any atom is 0.276 e. The lowest BCUT2D eigenvalue weighted by Crippen LogP contribution is -2.71. The van der Waals surface area contributed by atoms with Crippen LogP contribution in [0.1, 0.15) is 5.69 Å². The molecule has 36 heavy (non-hydrogen) atoms. The number of fused-ring (bicyclic) bond motifs is 2. The Labute approximate surface area is 214 Å². The summed E-state index contributed by atoms with van der Waals surface area (Å²) in [4.78, 5) is 54.8. The topological polar surface area (TPSA) is 190 Å². The number of nitrogens with zero attached hydrogens (tertiary/aromatic N) is 4. The zero-order valence-corrected chi connectivity index (χ0v) is 21.1. The average Bonchev–Trinajstić information content (AvgIpc) is 3.13. The zero-order chi connectivity index (χ0) is 25.9. The number of oxime groups is 1. The third kappa shape index (κ3) is 3.90. The molecule has 192 valence electrons. The molecule has 1 aromatic heterocycles. The van der Waals surface area contributed by atoms with E-state index < -0.39 is 34.9 Å². The zero-order valence-electron chi connectivity index (χ0n) is 19.5. The number of carbonyl (C=O) groups is 4. The van der Waals surface area contributed by atoms with E-state index in [9.17, 15) is 29.5 Å². The van der Waals surface area contributed by atoms with Crippen LogP contribution in [0.15, 0.2) is 21.8 Å². The van der Waals surface area contributed by atoms with Crippen LogP contribution < -0.4 is 21.5 Å². The van der Waals surface area contributed by atoms with Gasteiger partial charge in [-0.15, -0.1) is 23.1 Å². The molecule has 5 rings (SSSR count). The van der Waals surface area contributed by atoms with E-state index in [4.69, 9.17) is 5.73 Å². The number of thioether (sulfide) groups is 1. The van der Waals surface area contributed by atoms with E-state index in [2.05, 4.69) is 20.8 Å². The van der Waals surface area contributed by atoms with Gasteiger partial charge in [0.15, 0.2) is 10.8 Å². The largest absolute Gasteiger partial charge is 0.543 e. The number of carboxylic acids is 1. The second-order valence-electron chi connectivity index (χ2n) is 9.73. The summed E-state index contributed by atoms with van der Waals surface area (Å²) in [5.41, 5.74) is 5.69. The van der Waals surface area contributed by atoms with Gasteiger partial charge in [-0.25, -0.2) is 4.98 Å². The number of thiazole rings is 1. The van der Waals surface area contributed by atoms with Crippen LogP contribution >= 0.6 is 23.1 Å². The number of quaternary nitrogens is 1. The summed E-state index contributed by atoms with van der Waals surface area (Å²) in [7, 11) is 3.66. The number of hydrogen-bond donors (Lipinski definition) is 4. The number of carbonyl (C=O) groups excluding carboxylic acids is 4. The number of piperidine rings is 1. The van der Waals surface area contributed by atoms with Gasteiger partial charge in [-0.2, -0.15) is 0 Å². The van der Waals surface area contributed by atoms with E-state index in [1.54, 1.807) is 7.05 Å². The summed E-state index contributed by atoms with van der Waals surface area (Å²) in [6.07, 6.45) is 0. The molecule has 3 amide bonds. The molecular weight excluding hydrogens is 510 g/mol. The second kappa shape index (κ2) is 8.74. The maximum absolute atomic E-state index is 13.0. The summed E-state index contributed by atoms with van der Waals surface area (Å²) in [5.74, 6) is -1.86. The normalized spacial score (nSPS) is 32.9. The molecule has 1 aromatic rings. The van der Waals surface area contributed by atoms with Gasteiger partial charge < -0.3 is 36.0 Å².